The molecule has 0 saturated carbocycles. The molecule has 0 aromatic carbocycles. The second-order valence-corrected chi connectivity index (χ2v) is 7.67. The Morgan fingerprint density at radius 1 is 1.15 bits per heavy atom. The van der Waals surface area contributed by atoms with Gasteiger partial charge in [-0.15, -0.1) is 24.0 Å². The number of likely N-dealkylation sites (N-methyl/N-ethyl adjacent to an activating group) is 1. The van der Waals surface area contributed by atoms with Gasteiger partial charge < -0.3 is 20.3 Å². The summed E-state index contributed by atoms with van der Waals surface area (Å²) in [6, 6.07) is 0.993. The molecular formula is C19H40IN5O2. The number of amides is 1. The number of carbonyl (C=O) groups is 1. The van der Waals surface area contributed by atoms with Crippen molar-refractivity contribution in [1.82, 2.24) is 20.4 Å². The van der Waals surface area contributed by atoms with Crippen LogP contribution in [0.4, 0.5) is 0 Å². The van der Waals surface area contributed by atoms with E-state index in [1.807, 2.05) is 0 Å². The summed E-state index contributed by atoms with van der Waals surface area (Å²) in [5.74, 6) is 0.674. The van der Waals surface area contributed by atoms with Gasteiger partial charge in [-0.05, 0) is 47.0 Å². The first-order valence-electron chi connectivity index (χ1n) is 9.91. The molecule has 2 N–H and O–H groups in total. The lowest BCUT2D eigenvalue weighted by molar-refractivity contribution is -0.127. The summed E-state index contributed by atoms with van der Waals surface area (Å²) in [5.41, 5.74) is 0. The highest BCUT2D eigenvalue weighted by Gasteiger charge is 2.16. The Balaban J connectivity index is 0.00000676. The second-order valence-electron chi connectivity index (χ2n) is 7.67. The zero-order chi connectivity index (χ0) is 19.5. The normalized spacial score (nSPS) is 17.8. The standard InChI is InChI=1S/C19H39N5O2.HI/c1-15(2)24(16(3)4)11-10-20-19(22-14-18(25)23(5)6)21-13-17-9-7-8-12-26-17;/h15-17H,7-14H2,1-6H3,(H2,20,21,22);1H. The van der Waals surface area contributed by atoms with E-state index in [0.29, 0.717) is 18.0 Å². The maximum absolute atomic E-state index is 11.8. The van der Waals surface area contributed by atoms with E-state index in [1.54, 1.807) is 19.0 Å². The van der Waals surface area contributed by atoms with Crippen LogP contribution in [0.25, 0.3) is 0 Å². The summed E-state index contributed by atoms with van der Waals surface area (Å²) in [4.78, 5) is 20.3. The lowest BCUT2D eigenvalue weighted by atomic mass is 10.1. The number of hydrogen-bond donors (Lipinski definition) is 2. The Kier molecular flexibility index (Phi) is 14.1. The average Bonchev–Trinajstić information content (AvgIpc) is 2.59. The SMILES string of the molecule is CC(C)N(CCNC(=NCC(=O)N(C)C)NCC1CCCCO1)C(C)C.I. The summed E-state index contributed by atoms with van der Waals surface area (Å²) >= 11 is 0. The molecule has 7 nitrogen and oxygen atoms in total. The van der Waals surface area contributed by atoms with Gasteiger partial charge in [-0.1, -0.05) is 0 Å². The van der Waals surface area contributed by atoms with Crippen molar-refractivity contribution in [3.05, 3.63) is 0 Å². The third kappa shape index (κ3) is 11.1. The number of aliphatic imine (C=N–C) groups is 1. The van der Waals surface area contributed by atoms with Crippen LogP contribution in [0, 0.1) is 0 Å². The van der Waals surface area contributed by atoms with Gasteiger partial charge in [0, 0.05) is 52.4 Å². The number of halogens is 1. The molecule has 1 unspecified atom stereocenters. The van der Waals surface area contributed by atoms with Crippen LogP contribution in [0.2, 0.25) is 0 Å². The molecule has 0 aliphatic carbocycles. The molecule has 1 saturated heterocycles. The molecule has 1 heterocycles. The third-order valence-electron chi connectivity index (χ3n) is 4.63. The van der Waals surface area contributed by atoms with Crippen LogP contribution in [0.5, 0.6) is 0 Å². The fraction of sp³-hybridized carbons (Fsp3) is 0.895. The van der Waals surface area contributed by atoms with Crippen molar-refractivity contribution in [3.63, 3.8) is 0 Å². The Labute approximate surface area is 182 Å². The van der Waals surface area contributed by atoms with Gasteiger partial charge in [-0.25, -0.2) is 4.99 Å². The van der Waals surface area contributed by atoms with Crippen LogP contribution in [-0.2, 0) is 9.53 Å². The first kappa shape index (κ1) is 26.4. The summed E-state index contributed by atoms with van der Waals surface area (Å²) in [6.45, 7) is 12.3. The van der Waals surface area contributed by atoms with E-state index in [0.717, 1.165) is 39.1 Å². The molecule has 1 amide bonds. The highest BCUT2D eigenvalue weighted by molar-refractivity contribution is 14.0. The molecule has 1 fully saturated rings. The lowest BCUT2D eigenvalue weighted by Gasteiger charge is -2.30. The van der Waals surface area contributed by atoms with Gasteiger partial charge >= 0.3 is 0 Å². The molecule has 0 bridgehead atoms. The molecular weight excluding hydrogens is 457 g/mol. The molecule has 0 aromatic heterocycles. The topological polar surface area (TPSA) is 69.2 Å². The van der Waals surface area contributed by atoms with Gasteiger partial charge in [-0.3, -0.25) is 9.69 Å². The van der Waals surface area contributed by atoms with Crippen molar-refractivity contribution in [3.8, 4) is 0 Å². The van der Waals surface area contributed by atoms with E-state index in [1.165, 1.54) is 6.42 Å². The van der Waals surface area contributed by atoms with Gasteiger partial charge in [0.25, 0.3) is 0 Å². The van der Waals surface area contributed by atoms with E-state index in [-0.39, 0.29) is 42.5 Å². The number of nitrogens with zero attached hydrogens (tertiary/aromatic N) is 3. The van der Waals surface area contributed by atoms with Crippen LogP contribution in [-0.4, -0.2) is 86.7 Å². The molecule has 0 radical (unpaired) electrons. The number of carbonyl (C=O) groups excluding carboxylic acids is 1. The van der Waals surface area contributed by atoms with Gasteiger partial charge in [0.2, 0.25) is 5.91 Å². The van der Waals surface area contributed by atoms with Crippen molar-refractivity contribution in [2.45, 2.75) is 65.1 Å². The Morgan fingerprint density at radius 2 is 1.81 bits per heavy atom. The van der Waals surface area contributed by atoms with E-state index in [4.69, 9.17) is 4.74 Å². The summed E-state index contributed by atoms with van der Waals surface area (Å²) < 4.78 is 5.77. The minimum absolute atomic E-state index is 0. The molecule has 0 spiro atoms. The maximum atomic E-state index is 11.8. The fourth-order valence-corrected chi connectivity index (χ4v) is 3.06. The minimum atomic E-state index is -0.00833. The van der Waals surface area contributed by atoms with Crippen LogP contribution in [0.3, 0.4) is 0 Å². The van der Waals surface area contributed by atoms with Crippen molar-refractivity contribution < 1.29 is 9.53 Å². The molecule has 8 heteroatoms. The number of rotatable bonds is 9. The summed E-state index contributed by atoms with van der Waals surface area (Å²) in [6.07, 6.45) is 3.66. The Bertz CT molecular complexity index is 430. The molecule has 1 aliphatic heterocycles. The van der Waals surface area contributed by atoms with Crippen LogP contribution in [0.1, 0.15) is 47.0 Å². The number of nitrogens with one attached hydrogen (secondary N) is 2. The average molecular weight is 497 g/mol. The third-order valence-corrected chi connectivity index (χ3v) is 4.63. The lowest BCUT2D eigenvalue weighted by Crippen LogP contribution is -2.47. The molecule has 27 heavy (non-hydrogen) atoms. The van der Waals surface area contributed by atoms with Crippen LogP contribution >= 0.6 is 24.0 Å². The van der Waals surface area contributed by atoms with Crippen molar-refractivity contribution in [2.24, 2.45) is 4.99 Å². The van der Waals surface area contributed by atoms with Crippen molar-refractivity contribution >= 4 is 35.8 Å². The number of guanidine groups is 1. The Morgan fingerprint density at radius 3 is 2.33 bits per heavy atom. The van der Waals surface area contributed by atoms with E-state index < -0.39 is 0 Å². The highest BCUT2D eigenvalue weighted by atomic mass is 127. The van der Waals surface area contributed by atoms with Crippen LogP contribution in [0.15, 0.2) is 4.99 Å². The molecule has 160 valence electrons. The van der Waals surface area contributed by atoms with E-state index in [9.17, 15) is 4.79 Å². The predicted molar refractivity (Wildman–Crippen MR) is 123 cm³/mol. The highest BCUT2D eigenvalue weighted by Crippen LogP contribution is 2.11. The zero-order valence-electron chi connectivity index (χ0n) is 18.0. The molecule has 1 rings (SSSR count). The van der Waals surface area contributed by atoms with E-state index >= 15 is 0 Å². The second kappa shape index (κ2) is 14.4. The van der Waals surface area contributed by atoms with Gasteiger partial charge in [0.15, 0.2) is 5.96 Å². The summed E-state index contributed by atoms with van der Waals surface area (Å²) in [5, 5.41) is 6.71. The predicted octanol–water partition coefficient (Wildman–Crippen LogP) is 1.92. The zero-order valence-corrected chi connectivity index (χ0v) is 20.3. The fourth-order valence-electron chi connectivity index (χ4n) is 3.06. The largest absolute Gasteiger partial charge is 0.376 e. The number of hydrogen-bond acceptors (Lipinski definition) is 4. The maximum Gasteiger partial charge on any atom is 0.243 e. The van der Waals surface area contributed by atoms with Crippen LogP contribution < -0.4 is 10.6 Å². The molecule has 1 atom stereocenters. The van der Waals surface area contributed by atoms with Gasteiger partial charge in [0.1, 0.15) is 6.54 Å². The van der Waals surface area contributed by atoms with Crippen molar-refractivity contribution in [1.29, 1.82) is 0 Å². The molecule has 0 aromatic rings. The first-order chi connectivity index (χ1) is 12.3. The van der Waals surface area contributed by atoms with Gasteiger partial charge in [0.05, 0.1) is 6.10 Å². The first-order valence-corrected chi connectivity index (χ1v) is 9.91. The van der Waals surface area contributed by atoms with Gasteiger partial charge in [-0.2, -0.15) is 0 Å². The smallest absolute Gasteiger partial charge is 0.243 e. The Hall–Kier alpha value is -0.610. The van der Waals surface area contributed by atoms with Crippen molar-refractivity contribution in [2.75, 3.05) is 46.9 Å². The van der Waals surface area contributed by atoms with E-state index in [2.05, 4.69) is 48.2 Å². The summed E-state index contributed by atoms with van der Waals surface area (Å²) in [7, 11) is 3.49. The minimum Gasteiger partial charge on any atom is -0.376 e. The monoisotopic (exact) mass is 497 g/mol. The molecule has 1 aliphatic rings. The quantitative estimate of drug-likeness (QED) is 0.290. The number of ether oxygens (including phenoxy) is 1.